The molecule has 2 bridgehead atoms. The molecule has 0 radical (unpaired) electrons. The minimum atomic E-state index is 0.739. The molecule has 3 heterocycles. The normalized spacial score (nSPS) is 45.8. The van der Waals surface area contributed by atoms with Gasteiger partial charge in [0.05, 0.1) is 0 Å². The fourth-order valence-corrected chi connectivity index (χ4v) is 4.80. The van der Waals surface area contributed by atoms with Gasteiger partial charge in [-0.15, -0.1) is 0 Å². The second kappa shape index (κ2) is 4.10. The third-order valence-corrected chi connectivity index (χ3v) is 5.51. The topological polar surface area (TPSA) is 15.3 Å². The van der Waals surface area contributed by atoms with E-state index in [1.54, 1.807) is 5.57 Å². The molecule has 0 saturated carbocycles. The standard InChI is InChI=1S/C15H24N2/c1-2-7-17-10-13-9-12(14(17)5-1)8-11-4-3-6-16-15(11)13/h8,12-16H,1-7,9-10H2/t12-,13+,14?,15?/m0/s1. The molecular formula is C15H24N2. The van der Waals surface area contributed by atoms with Crippen molar-refractivity contribution >= 4 is 0 Å². The van der Waals surface area contributed by atoms with Crippen molar-refractivity contribution in [3.63, 3.8) is 0 Å². The van der Waals surface area contributed by atoms with Crippen LogP contribution in [0.1, 0.15) is 38.5 Å². The van der Waals surface area contributed by atoms with E-state index in [1.165, 1.54) is 58.2 Å². The van der Waals surface area contributed by atoms with Gasteiger partial charge in [0.25, 0.3) is 0 Å². The van der Waals surface area contributed by atoms with Gasteiger partial charge in [-0.05, 0) is 57.0 Å². The Hall–Kier alpha value is -0.340. The molecule has 4 atom stereocenters. The fourth-order valence-electron chi connectivity index (χ4n) is 4.80. The molecule has 3 saturated heterocycles. The molecule has 0 aromatic heterocycles. The van der Waals surface area contributed by atoms with Crippen molar-refractivity contribution in [3.05, 3.63) is 11.6 Å². The van der Waals surface area contributed by atoms with Crippen LogP contribution in [0.4, 0.5) is 0 Å². The highest BCUT2D eigenvalue weighted by Crippen LogP contribution is 2.42. The third kappa shape index (κ3) is 1.68. The number of piperidine rings is 3. The van der Waals surface area contributed by atoms with E-state index in [0.29, 0.717) is 0 Å². The van der Waals surface area contributed by atoms with E-state index in [0.717, 1.165) is 23.9 Å². The zero-order valence-corrected chi connectivity index (χ0v) is 10.7. The summed E-state index contributed by atoms with van der Waals surface area (Å²) in [6.07, 6.45) is 11.2. The third-order valence-electron chi connectivity index (χ3n) is 5.51. The zero-order valence-electron chi connectivity index (χ0n) is 10.7. The molecule has 2 nitrogen and oxygen atoms in total. The maximum absolute atomic E-state index is 3.78. The Bertz CT molecular complexity index is 336. The first-order valence-electron chi connectivity index (χ1n) is 7.60. The van der Waals surface area contributed by atoms with Gasteiger partial charge in [-0.3, -0.25) is 4.90 Å². The molecular weight excluding hydrogens is 208 g/mol. The lowest BCUT2D eigenvalue weighted by molar-refractivity contribution is 0.0271. The number of fused-ring (bicyclic) bond motifs is 6. The molecule has 4 aliphatic rings. The highest BCUT2D eigenvalue weighted by molar-refractivity contribution is 5.23. The van der Waals surface area contributed by atoms with Gasteiger partial charge >= 0.3 is 0 Å². The Morgan fingerprint density at radius 3 is 3.24 bits per heavy atom. The van der Waals surface area contributed by atoms with E-state index in [4.69, 9.17) is 0 Å². The Morgan fingerprint density at radius 1 is 1.24 bits per heavy atom. The maximum atomic E-state index is 3.78. The summed E-state index contributed by atoms with van der Waals surface area (Å²) in [5.74, 6) is 1.80. The van der Waals surface area contributed by atoms with E-state index in [9.17, 15) is 0 Å². The van der Waals surface area contributed by atoms with Crippen LogP contribution >= 0.6 is 0 Å². The van der Waals surface area contributed by atoms with Gasteiger partial charge < -0.3 is 5.32 Å². The second-order valence-electron chi connectivity index (χ2n) is 6.49. The summed E-state index contributed by atoms with van der Waals surface area (Å²) in [6.45, 7) is 3.98. The van der Waals surface area contributed by atoms with E-state index < -0.39 is 0 Å². The van der Waals surface area contributed by atoms with E-state index in [-0.39, 0.29) is 0 Å². The second-order valence-corrected chi connectivity index (χ2v) is 6.49. The predicted molar refractivity (Wildman–Crippen MR) is 69.9 cm³/mol. The van der Waals surface area contributed by atoms with Crippen LogP contribution in [-0.4, -0.2) is 36.6 Å². The van der Waals surface area contributed by atoms with Crippen molar-refractivity contribution in [2.45, 2.75) is 50.6 Å². The van der Waals surface area contributed by atoms with Crippen LogP contribution in [-0.2, 0) is 0 Å². The smallest absolute Gasteiger partial charge is 0.0320 e. The first kappa shape index (κ1) is 10.6. The minimum absolute atomic E-state index is 0.739. The van der Waals surface area contributed by atoms with Gasteiger partial charge in [0, 0.05) is 18.6 Å². The number of hydrogen-bond donors (Lipinski definition) is 1. The average molecular weight is 232 g/mol. The first-order chi connectivity index (χ1) is 8.42. The Kier molecular flexibility index (Phi) is 2.55. The van der Waals surface area contributed by atoms with Crippen LogP contribution in [0.15, 0.2) is 11.6 Å². The molecule has 4 rings (SSSR count). The summed E-state index contributed by atoms with van der Waals surface area (Å²) in [5.41, 5.74) is 1.77. The lowest BCUT2D eigenvalue weighted by atomic mass is 9.68. The summed E-state index contributed by atoms with van der Waals surface area (Å²) in [4.78, 5) is 2.81. The van der Waals surface area contributed by atoms with Gasteiger partial charge in [0.2, 0.25) is 0 Å². The van der Waals surface area contributed by atoms with Crippen molar-refractivity contribution in [2.24, 2.45) is 11.8 Å². The van der Waals surface area contributed by atoms with Crippen LogP contribution in [0.2, 0.25) is 0 Å². The molecule has 3 fully saturated rings. The Morgan fingerprint density at radius 2 is 2.24 bits per heavy atom. The number of nitrogens with zero attached hydrogens (tertiary/aromatic N) is 1. The van der Waals surface area contributed by atoms with Crippen LogP contribution < -0.4 is 5.32 Å². The number of nitrogens with one attached hydrogen (secondary N) is 1. The largest absolute Gasteiger partial charge is 0.310 e. The summed E-state index contributed by atoms with van der Waals surface area (Å²) < 4.78 is 0. The molecule has 94 valence electrons. The van der Waals surface area contributed by atoms with Crippen molar-refractivity contribution in [2.75, 3.05) is 19.6 Å². The quantitative estimate of drug-likeness (QED) is 0.644. The Labute approximate surface area is 104 Å². The molecule has 0 amide bonds. The van der Waals surface area contributed by atoms with Crippen molar-refractivity contribution in [3.8, 4) is 0 Å². The molecule has 0 aromatic carbocycles. The summed E-state index contributed by atoms with van der Waals surface area (Å²) in [5, 5.41) is 3.78. The van der Waals surface area contributed by atoms with Crippen LogP contribution in [0.25, 0.3) is 0 Å². The maximum Gasteiger partial charge on any atom is 0.0320 e. The van der Waals surface area contributed by atoms with Gasteiger partial charge in [-0.1, -0.05) is 18.1 Å². The number of rotatable bonds is 0. The van der Waals surface area contributed by atoms with Crippen molar-refractivity contribution in [1.82, 2.24) is 10.2 Å². The summed E-state index contributed by atoms with van der Waals surface area (Å²) >= 11 is 0. The lowest BCUT2D eigenvalue weighted by Crippen LogP contribution is -2.58. The summed E-state index contributed by atoms with van der Waals surface area (Å²) in [7, 11) is 0. The highest BCUT2D eigenvalue weighted by atomic mass is 15.2. The molecule has 1 aliphatic carbocycles. The first-order valence-corrected chi connectivity index (χ1v) is 7.60. The van der Waals surface area contributed by atoms with Gasteiger partial charge in [-0.2, -0.15) is 0 Å². The average Bonchev–Trinajstić information content (AvgIpc) is 2.39. The van der Waals surface area contributed by atoms with Gasteiger partial charge in [-0.25, -0.2) is 0 Å². The highest BCUT2D eigenvalue weighted by Gasteiger charge is 2.43. The molecule has 0 aromatic rings. The molecule has 0 spiro atoms. The predicted octanol–water partition coefficient (Wildman–Crippen LogP) is 2.17. The SMILES string of the molecule is C1=C2CCCNC2[C@@H]2C[C@H]1C1CCCCN1C2. The van der Waals surface area contributed by atoms with Crippen LogP contribution in [0.5, 0.6) is 0 Å². The van der Waals surface area contributed by atoms with E-state index in [1.807, 2.05) is 0 Å². The molecule has 3 aliphatic heterocycles. The Balaban J connectivity index is 1.64. The summed E-state index contributed by atoms with van der Waals surface area (Å²) in [6, 6.07) is 1.64. The number of hydrogen-bond acceptors (Lipinski definition) is 2. The zero-order chi connectivity index (χ0) is 11.2. The lowest BCUT2D eigenvalue weighted by Gasteiger charge is -2.52. The monoisotopic (exact) mass is 232 g/mol. The minimum Gasteiger partial charge on any atom is -0.310 e. The molecule has 2 unspecified atom stereocenters. The van der Waals surface area contributed by atoms with Crippen LogP contribution in [0, 0.1) is 11.8 Å². The molecule has 17 heavy (non-hydrogen) atoms. The van der Waals surface area contributed by atoms with Gasteiger partial charge in [0.15, 0.2) is 0 Å². The van der Waals surface area contributed by atoms with Crippen molar-refractivity contribution in [1.29, 1.82) is 0 Å². The molecule has 2 heteroatoms. The molecule has 1 N–H and O–H groups in total. The fraction of sp³-hybridized carbons (Fsp3) is 0.867. The van der Waals surface area contributed by atoms with Crippen molar-refractivity contribution < 1.29 is 0 Å². The van der Waals surface area contributed by atoms with Crippen LogP contribution in [0.3, 0.4) is 0 Å². The van der Waals surface area contributed by atoms with E-state index >= 15 is 0 Å². The van der Waals surface area contributed by atoms with Gasteiger partial charge in [0.1, 0.15) is 0 Å². The van der Waals surface area contributed by atoms with E-state index in [2.05, 4.69) is 16.3 Å².